The first-order chi connectivity index (χ1) is 12.5. The van der Waals surface area contributed by atoms with E-state index in [0.717, 1.165) is 23.4 Å². The number of nitrogens with zero attached hydrogens (tertiary/aromatic N) is 3. The number of sulfonamides is 1. The summed E-state index contributed by atoms with van der Waals surface area (Å²) in [5, 5.41) is 5.94. The monoisotopic (exact) mass is 393 g/mol. The Morgan fingerprint density at radius 2 is 2.04 bits per heavy atom. The Morgan fingerprint density at radius 1 is 1.23 bits per heavy atom. The average Bonchev–Trinajstić information content (AvgIpc) is 3.34. The third-order valence-corrected chi connectivity index (χ3v) is 7.11. The minimum absolute atomic E-state index is 0.0874. The second-order valence-corrected chi connectivity index (χ2v) is 8.98. The summed E-state index contributed by atoms with van der Waals surface area (Å²) >= 11 is 1.52. The van der Waals surface area contributed by atoms with Crippen molar-refractivity contribution in [3.8, 4) is 10.7 Å². The van der Waals surface area contributed by atoms with E-state index in [1.165, 1.54) is 27.8 Å². The van der Waals surface area contributed by atoms with Crippen LogP contribution in [-0.4, -0.2) is 36.0 Å². The molecule has 0 radical (unpaired) electrons. The van der Waals surface area contributed by atoms with E-state index in [1.54, 1.807) is 0 Å². The van der Waals surface area contributed by atoms with Crippen LogP contribution in [0.5, 0.6) is 0 Å². The summed E-state index contributed by atoms with van der Waals surface area (Å²) in [7, 11) is -3.68. The van der Waals surface area contributed by atoms with Crippen LogP contribution in [0.2, 0.25) is 0 Å². The average molecular weight is 393 g/mol. The molecular weight excluding hydrogens is 377 g/mol. The SMILES string of the molecule is O=S(=O)(c1ccc(F)cc1)N1CCCC(c2nc(-c3cccs3)no2)C1. The molecule has 0 amide bonds. The molecule has 0 N–H and O–H groups in total. The molecule has 1 aromatic carbocycles. The predicted octanol–water partition coefficient (Wildman–Crippen LogP) is 3.51. The molecule has 1 aliphatic heterocycles. The van der Waals surface area contributed by atoms with Gasteiger partial charge in [0, 0.05) is 13.1 Å². The fourth-order valence-corrected chi connectivity index (χ4v) is 5.20. The lowest BCUT2D eigenvalue weighted by atomic mass is 10.00. The van der Waals surface area contributed by atoms with Crippen molar-refractivity contribution in [2.24, 2.45) is 0 Å². The van der Waals surface area contributed by atoms with Gasteiger partial charge in [0.15, 0.2) is 0 Å². The third-order valence-electron chi connectivity index (χ3n) is 4.37. The van der Waals surface area contributed by atoms with Gasteiger partial charge in [-0.3, -0.25) is 0 Å². The number of hydrogen-bond donors (Lipinski definition) is 0. The van der Waals surface area contributed by atoms with Gasteiger partial charge in [0.25, 0.3) is 0 Å². The molecule has 0 bridgehead atoms. The summed E-state index contributed by atoms with van der Waals surface area (Å²) in [5.41, 5.74) is 0. The highest BCUT2D eigenvalue weighted by Gasteiger charge is 2.33. The van der Waals surface area contributed by atoms with Crippen LogP contribution >= 0.6 is 11.3 Å². The summed E-state index contributed by atoms with van der Waals surface area (Å²) in [6.45, 7) is 0.688. The molecule has 1 aliphatic rings. The maximum Gasteiger partial charge on any atom is 0.243 e. The van der Waals surface area contributed by atoms with Crippen LogP contribution in [0.1, 0.15) is 24.7 Å². The number of rotatable bonds is 4. The van der Waals surface area contributed by atoms with E-state index >= 15 is 0 Å². The third kappa shape index (κ3) is 3.29. The molecule has 1 unspecified atom stereocenters. The van der Waals surface area contributed by atoms with Gasteiger partial charge in [-0.05, 0) is 48.6 Å². The zero-order valence-corrected chi connectivity index (χ0v) is 15.3. The van der Waals surface area contributed by atoms with Crippen LogP contribution in [-0.2, 0) is 10.0 Å². The molecule has 0 spiro atoms. The Morgan fingerprint density at radius 3 is 2.77 bits per heavy atom. The lowest BCUT2D eigenvalue weighted by molar-refractivity contribution is 0.265. The summed E-state index contributed by atoms with van der Waals surface area (Å²) in [6, 6.07) is 8.70. The van der Waals surface area contributed by atoms with Crippen molar-refractivity contribution in [1.82, 2.24) is 14.4 Å². The molecule has 9 heteroatoms. The lowest BCUT2D eigenvalue weighted by Gasteiger charge is -2.30. The van der Waals surface area contributed by atoms with Gasteiger partial charge in [-0.1, -0.05) is 11.2 Å². The first kappa shape index (κ1) is 17.3. The van der Waals surface area contributed by atoms with Crippen LogP contribution in [0.25, 0.3) is 10.7 Å². The largest absolute Gasteiger partial charge is 0.339 e. The zero-order chi connectivity index (χ0) is 18.1. The molecule has 0 aliphatic carbocycles. The van der Waals surface area contributed by atoms with Crippen molar-refractivity contribution in [3.63, 3.8) is 0 Å². The number of benzene rings is 1. The van der Waals surface area contributed by atoms with E-state index in [9.17, 15) is 12.8 Å². The molecule has 6 nitrogen and oxygen atoms in total. The second kappa shape index (κ2) is 6.90. The summed E-state index contributed by atoms with van der Waals surface area (Å²) in [6.07, 6.45) is 1.48. The highest BCUT2D eigenvalue weighted by atomic mass is 32.2. The molecule has 1 fully saturated rings. The summed E-state index contributed by atoms with van der Waals surface area (Å²) in [5.74, 6) is 0.355. The number of piperidine rings is 1. The van der Waals surface area contributed by atoms with Gasteiger partial charge in [0.1, 0.15) is 5.82 Å². The lowest BCUT2D eigenvalue weighted by Crippen LogP contribution is -2.39. The van der Waals surface area contributed by atoms with E-state index in [2.05, 4.69) is 10.1 Å². The molecule has 2 aromatic heterocycles. The standard InChI is InChI=1S/C17H16FN3O3S2/c18-13-5-7-14(8-6-13)26(22,23)21-9-1-3-12(11-21)17-19-16(20-24-17)15-4-2-10-25-15/h2,4-8,10,12H,1,3,9,11H2. The minimum Gasteiger partial charge on any atom is -0.339 e. The second-order valence-electron chi connectivity index (χ2n) is 6.09. The Bertz CT molecular complexity index is 985. The fraction of sp³-hybridized carbons (Fsp3) is 0.294. The molecule has 3 aromatic rings. The quantitative estimate of drug-likeness (QED) is 0.678. The Labute approximate surface area is 154 Å². The molecule has 0 saturated carbocycles. The van der Waals surface area contributed by atoms with Gasteiger partial charge in [0.2, 0.25) is 21.7 Å². The predicted molar refractivity (Wildman–Crippen MR) is 94.7 cm³/mol. The zero-order valence-electron chi connectivity index (χ0n) is 13.7. The van der Waals surface area contributed by atoms with Crippen molar-refractivity contribution >= 4 is 21.4 Å². The highest BCUT2D eigenvalue weighted by Crippen LogP contribution is 2.31. The molecular formula is C17H16FN3O3S2. The maximum absolute atomic E-state index is 13.1. The van der Waals surface area contributed by atoms with Crippen LogP contribution in [0, 0.1) is 5.82 Å². The van der Waals surface area contributed by atoms with Gasteiger partial charge < -0.3 is 4.52 Å². The number of halogens is 1. The van der Waals surface area contributed by atoms with Gasteiger partial charge in [-0.2, -0.15) is 9.29 Å². The van der Waals surface area contributed by atoms with Gasteiger partial charge in [0.05, 0.1) is 15.7 Å². The Kier molecular flexibility index (Phi) is 4.60. The van der Waals surface area contributed by atoms with Crippen LogP contribution in [0.3, 0.4) is 0 Å². The Balaban J connectivity index is 1.55. The fourth-order valence-electron chi connectivity index (χ4n) is 3.02. The first-order valence-electron chi connectivity index (χ1n) is 8.17. The van der Waals surface area contributed by atoms with E-state index in [0.29, 0.717) is 24.7 Å². The number of hydrogen-bond acceptors (Lipinski definition) is 6. The van der Waals surface area contributed by atoms with E-state index < -0.39 is 15.8 Å². The van der Waals surface area contributed by atoms with Gasteiger partial charge in [-0.25, -0.2) is 12.8 Å². The highest BCUT2D eigenvalue weighted by molar-refractivity contribution is 7.89. The van der Waals surface area contributed by atoms with E-state index in [1.807, 2.05) is 17.5 Å². The van der Waals surface area contributed by atoms with Crippen LogP contribution in [0.15, 0.2) is 51.2 Å². The molecule has 4 rings (SSSR count). The Hall–Kier alpha value is -2.10. The minimum atomic E-state index is -3.68. The van der Waals surface area contributed by atoms with Crippen molar-refractivity contribution in [1.29, 1.82) is 0 Å². The molecule has 1 atom stereocenters. The number of thiophene rings is 1. The summed E-state index contributed by atoms with van der Waals surface area (Å²) in [4.78, 5) is 5.44. The number of aromatic nitrogens is 2. The molecule has 3 heterocycles. The maximum atomic E-state index is 13.1. The summed E-state index contributed by atoms with van der Waals surface area (Å²) < 4.78 is 45.5. The van der Waals surface area contributed by atoms with E-state index in [-0.39, 0.29) is 17.4 Å². The molecule has 1 saturated heterocycles. The van der Waals surface area contributed by atoms with E-state index in [4.69, 9.17) is 4.52 Å². The van der Waals surface area contributed by atoms with Crippen molar-refractivity contribution in [3.05, 3.63) is 53.5 Å². The molecule has 136 valence electrons. The topological polar surface area (TPSA) is 76.3 Å². The smallest absolute Gasteiger partial charge is 0.243 e. The molecule has 26 heavy (non-hydrogen) atoms. The van der Waals surface area contributed by atoms with Gasteiger partial charge in [-0.15, -0.1) is 11.3 Å². The van der Waals surface area contributed by atoms with Crippen molar-refractivity contribution < 1.29 is 17.3 Å². The first-order valence-corrected chi connectivity index (χ1v) is 10.5. The van der Waals surface area contributed by atoms with Crippen molar-refractivity contribution in [2.45, 2.75) is 23.7 Å². The van der Waals surface area contributed by atoms with Gasteiger partial charge >= 0.3 is 0 Å². The normalized spacial score (nSPS) is 18.9. The van der Waals surface area contributed by atoms with Crippen molar-refractivity contribution in [2.75, 3.05) is 13.1 Å². The van der Waals surface area contributed by atoms with Crippen LogP contribution in [0.4, 0.5) is 4.39 Å². The van der Waals surface area contributed by atoms with Crippen LogP contribution < -0.4 is 0 Å².